The van der Waals surface area contributed by atoms with Crippen LogP contribution in [0.2, 0.25) is 0 Å². The average molecular weight is 325 g/mol. The highest BCUT2D eigenvalue weighted by Crippen LogP contribution is 2.30. The van der Waals surface area contributed by atoms with Gasteiger partial charge in [0.2, 0.25) is 10.0 Å². The van der Waals surface area contributed by atoms with Crippen molar-refractivity contribution in [2.24, 2.45) is 0 Å². The van der Waals surface area contributed by atoms with Crippen molar-refractivity contribution in [2.45, 2.75) is 30.3 Å². The molecule has 0 atom stereocenters. The van der Waals surface area contributed by atoms with Crippen LogP contribution in [0.15, 0.2) is 29.2 Å². The van der Waals surface area contributed by atoms with Crippen molar-refractivity contribution in [3.8, 4) is 0 Å². The van der Waals surface area contributed by atoms with Gasteiger partial charge in [-0.3, -0.25) is 0 Å². The lowest BCUT2D eigenvalue weighted by Crippen LogP contribution is -2.28. The number of alkyl halides is 3. The third kappa shape index (κ3) is 4.98. The molecule has 21 heavy (non-hydrogen) atoms. The lowest BCUT2D eigenvalue weighted by atomic mass is 10.2. The van der Waals surface area contributed by atoms with Gasteiger partial charge in [-0.15, -0.1) is 0 Å². The number of benzene rings is 1. The van der Waals surface area contributed by atoms with Crippen molar-refractivity contribution in [3.63, 3.8) is 0 Å². The first-order chi connectivity index (χ1) is 9.69. The molecule has 1 aromatic carbocycles. The molecule has 0 bridgehead atoms. The number of aliphatic hydroxyl groups excluding tert-OH is 1. The van der Waals surface area contributed by atoms with Crippen LogP contribution in [0.4, 0.5) is 13.2 Å². The van der Waals surface area contributed by atoms with E-state index in [1.165, 1.54) is 7.05 Å². The summed E-state index contributed by atoms with van der Waals surface area (Å²) in [5, 5.41) is 8.64. The highest BCUT2D eigenvalue weighted by molar-refractivity contribution is 7.89. The molecule has 0 heterocycles. The van der Waals surface area contributed by atoms with Crippen molar-refractivity contribution >= 4 is 10.0 Å². The second-order valence-electron chi connectivity index (χ2n) is 4.63. The first-order valence-electron chi connectivity index (χ1n) is 6.44. The summed E-state index contributed by atoms with van der Waals surface area (Å²) in [5.41, 5.74) is -0.882. The number of sulfonamides is 1. The number of halogens is 3. The van der Waals surface area contributed by atoms with Crippen LogP contribution in [0.1, 0.15) is 24.8 Å². The molecule has 1 aromatic rings. The predicted molar refractivity (Wildman–Crippen MR) is 72.2 cm³/mol. The van der Waals surface area contributed by atoms with E-state index in [2.05, 4.69) is 0 Å². The lowest BCUT2D eigenvalue weighted by molar-refractivity contribution is -0.137. The smallest absolute Gasteiger partial charge is 0.396 e. The molecule has 0 unspecified atom stereocenters. The maximum absolute atomic E-state index is 12.4. The fourth-order valence-electron chi connectivity index (χ4n) is 1.74. The monoisotopic (exact) mass is 325 g/mol. The van der Waals surface area contributed by atoms with E-state index in [4.69, 9.17) is 5.11 Å². The highest BCUT2D eigenvalue weighted by atomic mass is 32.2. The largest absolute Gasteiger partial charge is 0.416 e. The highest BCUT2D eigenvalue weighted by Gasteiger charge is 2.31. The Kier molecular flexibility index (Phi) is 6.18. The fraction of sp³-hybridized carbons (Fsp3) is 0.538. The summed E-state index contributed by atoms with van der Waals surface area (Å²) in [7, 11) is -2.40. The van der Waals surface area contributed by atoms with Crippen molar-refractivity contribution in [3.05, 3.63) is 29.8 Å². The van der Waals surface area contributed by atoms with Gasteiger partial charge in [-0.05, 0) is 43.5 Å². The number of unbranched alkanes of at least 4 members (excludes halogenated alkanes) is 2. The summed E-state index contributed by atoms with van der Waals surface area (Å²) in [5.74, 6) is 0. The molecule has 120 valence electrons. The molecule has 0 aliphatic rings. The normalized spacial score (nSPS) is 12.9. The summed E-state index contributed by atoms with van der Waals surface area (Å²) < 4.78 is 62.7. The Hall–Kier alpha value is -1.12. The summed E-state index contributed by atoms with van der Waals surface area (Å²) >= 11 is 0. The Morgan fingerprint density at radius 1 is 1.10 bits per heavy atom. The Bertz CT molecular complexity index is 541. The second-order valence-corrected chi connectivity index (χ2v) is 6.68. The third-order valence-electron chi connectivity index (χ3n) is 3.02. The molecule has 0 aliphatic carbocycles. The van der Waals surface area contributed by atoms with Crippen LogP contribution in [-0.2, 0) is 16.2 Å². The maximum Gasteiger partial charge on any atom is 0.416 e. The van der Waals surface area contributed by atoms with Gasteiger partial charge in [-0.1, -0.05) is 0 Å². The maximum atomic E-state index is 12.4. The van der Waals surface area contributed by atoms with E-state index in [0.717, 1.165) is 28.6 Å². The van der Waals surface area contributed by atoms with Crippen LogP contribution < -0.4 is 0 Å². The van der Waals surface area contributed by atoms with Gasteiger partial charge in [-0.25, -0.2) is 12.7 Å². The van der Waals surface area contributed by atoms with Gasteiger partial charge < -0.3 is 5.11 Å². The van der Waals surface area contributed by atoms with Crippen LogP contribution >= 0.6 is 0 Å². The number of rotatable bonds is 7. The van der Waals surface area contributed by atoms with Crippen LogP contribution in [0.5, 0.6) is 0 Å². The minimum atomic E-state index is -4.49. The summed E-state index contributed by atoms with van der Waals surface area (Å²) in [4.78, 5) is -0.167. The predicted octanol–water partition coefficient (Wildman–Crippen LogP) is 2.49. The zero-order valence-electron chi connectivity index (χ0n) is 11.6. The van der Waals surface area contributed by atoms with Gasteiger partial charge in [0.15, 0.2) is 0 Å². The zero-order chi connectivity index (χ0) is 16.1. The van der Waals surface area contributed by atoms with Gasteiger partial charge in [0.25, 0.3) is 0 Å². The SMILES string of the molecule is CN(CCCCCO)S(=O)(=O)c1ccc(C(F)(F)F)cc1. The van der Waals surface area contributed by atoms with E-state index >= 15 is 0 Å². The van der Waals surface area contributed by atoms with E-state index in [-0.39, 0.29) is 18.0 Å². The summed E-state index contributed by atoms with van der Waals surface area (Å²) in [6.07, 6.45) is -2.63. The second kappa shape index (κ2) is 7.24. The number of nitrogens with zero attached hydrogens (tertiary/aromatic N) is 1. The topological polar surface area (TPSA) is 57.6 Å². The fourth-order valence-corrected chi connectivity index (χ4v) is 2.95. The van der Waals surface area contributed by atoms with Gasteiger partial charge in [-0.2, -0.15) is 13.2 Å². The molecule has 0 aliphatic heterocycles. The zero-order valence-corrected chi connectivity index (χ0v) is 12.4. The molecule has 4 nitrogen and oxygen atoms in total. The number of hydrogen-bond acceptors (Lipinski definition) is 3. The van der Waals surface area contributed by atoms with Crippen molar-refractivity contribution < 1.29 is 26.7 Å². The molecule has 0 aromatic heterocycles. The molecular weight excluding hydrogens is 307 g/mol. The minimum Gasteiger partial charge on any atom is -0.396 e. The van der Waals surface area contributed by atoms with E-state index < -0.39 is 21.8 Å². The Balaban J connectivity index is 2.78. The van der Waals surface area contributed by atoms with Gasteiger partial charge >= 0.3 is 6.18 Å². The van der Waals surface area contributed by atoms with Crippen LogP contribution in [0.25, 0.3) is 0 Å². The van der Waals surface area contributed by atoms with E-state index in [1.807, 2.05) is 0 Å². The third-order valence-corrected chi connectivity index (χ3v) is 4.89. The Morgan fingerprint density at radius 2 is 1.67 bits per heavy atom. The summed E-state index contributed by atoms with van der Waals surface area (Å²) in [6, 6.07) is 3.43. The molecule has 1 N–H and O–H groups in total. The number of hydrogen-bond donors (Lipinski definition) is 1. The quantitative estimate of drug-likeness (QED) is 0.784. The molecule has 8 heteroatoms. The minimum absolute atomic E-state index is 0.0510. The first-order valence-corrected chi connectivity index (χ1v) is 7.88. The molecule has 0 saturated carbocycles. The molecular formula is C13H18F3NO3S. The van der Waals surface area contributed by atoms with Gasteiger partial charge in [0.05, 0.1) is 10.5 Å². The van der Waals surface area contributed by atoms with Crippen LogP contribution in [0, 0.1) is 0 Å². The lowest BCUT2D eigenvalue weighted by Gasteiger charge is -2.17. The first kappa shape index (κ1) is 17.9. The van der Waals surface area contributed by atoms with E-state index in [0.29, 0.717) is 19.3 Å². The molecule has 0 spiro atoms. The average Bonchev–Trinajstić information content (AvgIpc) is 2.42. The Morgan fingerprint density at radius 3 is 2.14 bits per heavy atom. The van der Waals surface area contributed by atoms with E-state index in [9.17, 15) is 21.6 Å². The van der Waals surface area contributed by atoms with Gasteiger partial charge in [0, 0.05) is 20.2 Å². The van der Waals surface area contributed by atoms with Gasteiger partial charge in [0.1, 0.15) is 0 Å². The van der Waals surface area contributed by atoms with Crippen LogP contribution in [0.3, 0.4) is 0 Å². The molecule has 0 saturated heterocycles. The van der Waals surface area contributed by atoms with Crippen molar-refractivity contribution in [2.75, 3.05) is 20.2 Å². The number of aliphatic hydroxyl groups is 1. The van der Waals surface area contributed by atoms with E-state index in [1.54, 1.807) is 0 Å². The molecule has 0 fully saturated rings. The standard InChI is InChI=1S/C13H18F3NO3S/c1-17(9-3-2-4-10-18)21(19,20)12-7-5-11(6-8-12)13(14,15)16/h5-8,18H,2-4,9-10H2,1H3. The van der Waals surface area contributed by atoms with Crippen molar-refractivity contribution in [1.29, 1.82) is 0 Å². The van der Waals surface area contributed by atoms with Crippen molar-refractivity contribution in [1.82, 2.24) is 4.31 Å². The van der Waals surface area contributed by atoms with Crippen LogP contribution in [-0.4, -0.2) is 38.0 Å². The molecule has 1 rings (SSSR count). The molecule has 0 radical (unpaired) electrons. The molecule has 0 amide bonds. The summed E-state index contributed by atoms with van der Waals surface area (Å²) in [6.45, 7) is 0.304. The Labute approximate surface area is 122 Å².